The number of pyridine rings is 1. The number of benzene rings is 1. The van der Waals surface area contributed by atoms with Gasteiger partial charge in [-0.2, -0.15) is 5.10 Å². The number of hydrogen-bond acceptors (Lipinski definition) is 3. The zero-order valence-corrected chi connectivity index (χ0v) is 14.6. The molecule has 1 aliphatic heterocycles. The molecule has 0 saturated carbocycles. The Labute approximate surface area is 147 Å². The standard InChI is InChI=1S/C20H22N4O/c1-22-13-16-7-4-3-6-15(16)12-18(22)14-23(2)20(25)19-9-5-8-17-10-11-21-24(17)19/h3-11,18H,12-14H2,1-2H3/t18-/m0/s1. The van der Waals surface area contributed by atoms with Crippen molar-refractivity contribution in [3.63, 3.8) is 0 Å². The lowest BCUT2D eigenvalue weighted by Gasteiger charge is -2.36. The summed E-state index contributed by atoms with van der Waals surface area (Å²) in [6.45, 7) is 1.62. The molecule has 0 N–H and O–H groups in total. The second kappa shape index (κ2) is 6.33. The molecule has 0 bridgehead atoms. The fraction of sp³-hybridized carbons (Fsp3) is 0.300. The number of carbonyl (C=O) groups is 1. The Morgan fingerprint density at radius 1 is 1.16 bits per heavy atom. The first-order valence-electron chi connectivity index (χ1n) is 8.59. The van der Waals surface area contributed by atoms with Gasteiger partial charge >= 0.3 is 0 Å². The lowest BCUT2D eigenvalue weighted by atomic mass is 9.94. The molecule has 2 aromatic heterocycles. The van der Waals surface area contributed by atoms with Crippen LogP contribution in [-0.2, 0) is 13.0 Å². The summed E-state index contributed by atoms with van der Waals surface area (Å²) in [6, 6.07) is 16.5. The van der Waals surface area contributed by atoms with Crippen molar-refractivity contribution in [2.45, 2.75) is 19.0 Å². The lowest BCUT2D eigenvalue weighted by molar-refractivity contribution is 0.0725. The third kappa shape index (κ3) is 2.91. The number of fused-ring (bicyclic) bond motifs is 2. The van der Waals surface area contributed by atoms with Crippen LogP contribution in [-0.4, -0.2) is 52.0 Å². The lowest BCUT2D eigenvalue weighted by Crippen LogP contribution is -2.46. The fourth-order valence-corrected chi connectivity index (χ4v) is 3.63. The van der Waals surface area contributed by atoms with Crippen molar-refractivity contribution >= 4 is 11.4 Å². The zero-order valence-electron chi connectivity index (χ0n) is 14.6. The minimum Gasteiger partial charge on any atom is -0.339 e. The molecule has 0 unspecified atom stereocenters. The fourth-order valence-electron chi connectivity index (χ4n) is 3.63. The van der Waals surface area contributed by atoms with E-state index in [9.17, 15) is 4.79 Å². The van der Waals surface area contributed by atoms with E-state index >= 15 is 0 Å². The molecule has 3 heterocycles. The van der Waals surface area contributed by atoms with E-state index in [1.807, 2.05) is 36.2 Å². The van der Waals surface area contributed by atoms with E-state index in [1.165, 1.54) is 11.1 Å². The predicted octanol–water partition coefficient (Wildman–Crippen LogP) is 2.46. The molecule has 1 atom stereocenters. The maximum Gasteiger partial charge on any atom is 0.272 e. The van der Waals surface area contributed by atoms with Crippen molar-refractivity contribution < 1.29 is 4.79 Å². The highest BCUT2D eigenvalue weighted by atomic mass is 16.2. The monoisotopic (exact) mass is 334 g/mol. The maximum absolute atomic E-state index is 12.9. The van der Waals surface area contributed by atoms with Gasteiger partial charge in [0.2, 0.25) is 0 Å². The summed E-state index contributed by atoms with van der Waals surface area (Å²) in [7, 11) is 4.01. The van der Waals surface area contributed by atoms with Crippen LogP contribution in [0.25, 0.3) is 5.52 Å². The molecule has 1 aromatic carbocycles. The second-order valence-corrected chi connectivity index (χ2v) is 6.81. The van der Waals surface area contributed by atoms with Crippen LogP contribution in [0, 0.1) is 0 Å². The van der Waals surface area contributed by atoms with Crippen molar-refractivity contribution in [2.24, 2.45) is 0 Å². The van der Waals surface area contributed by atoms with Gasteiger partial charge in [-0.25, -0.2) is 4.52 Å². The molecule has 1 aliphatic rings. The minimum atomic E-state index is 0.00144. The Morgan fingerprint density at radius 3 is 2.80 bits per heavy atom. The first kappa shape index (κ1) is 15.8. The predicted molar refractivity (Wildman–Crippen MR) is 97.6 cm³/mol. The summed E-state index contributed by atoms with van der Waals surface area (Å²) in [5, 5.41) is 4.27. The smallest absolute Gasteiger partial charge is 0.272 e. The summed E-state index contributed by atoms with van der Waals surface area (Å²) in [6.07, 6.45) is 2.69. The highest BCUT2D eigenvalue weighted by Crippen LogP contribution is 2.22. The van der Waals surface area contributed by atoms with Crippen molar-refractivity contribution in [2.75, 3.05) is 20.6 Å². The molecule has 128 valence electrons. The van der Waals surface area contributed by atoms with Gasteiger partial charge in [0.25, 0.3) is 5.91 Å². The Morgan fingerprint density at radius 2 is 1.96 bits per heavy atom. The number of carbonyl (C=O) groups excluding carboxylic acids is 1. The highest BCUT2D eigenvalue weighted by Gasteiger charge is 2.26. The minimum absolute atomic E-state index is 0.00144. The number of likely N-dealkylation sites (N-methyl/N-ethyl adjacent to an activating group) is 2. The van der Waals surface area contributed by atoms with Crippen molar-refractivity contribution in [1.29, 1.82) is 0 Å². The molecule has 25 heavy (non-hydrogen) atoms. The number of rotatable bonds is 3. The zero-order chi connectivity index (χ0) is 17.4. The molecule has 0 saturated heterocycles. The van der Waals surface area contributed by atoms with E-state index in [1.54, 1.807) is 10.7 Å². The quantitative estimate of drug-likeness (QED) is 0.739. The van der Waals surface area contributed by atoms with Crippen molar-refractivity contribution in [1.82, 2.24) is 19.4 Å². The summed E-state index contributed by atoms with van der Waals surface area (Å²) in [4.78, 5) is 17.1. The number of amides is 1. The van der Waals surface area contributed by atoms with Crippen LogP contribution in [0.1, 0.15) is 21.6 Å². The van der Waals surface area contributed by atoms with Gasteiger partial charge in [0.15, 0.2) is 0 Å². The van der Waals surface area contributed by atoms with Crippen LogP contribution < -0.4 is 0 Å². The van der Waals surface area contributed by atoms with Crippen molar-refractivity contribution in [3.8, 4) is 0 Å². The largest absolute Gasteiger partial charge is 0.339 e. The number of nitrogens with zero attached hydrogens (tertiary/aromatic N) is 4. The maximum atomic E-state index is 12.9. The van der Waals surface area contributed by atoms with Gasteiger partial charge in [0.1, 0.15) is 5.69 Å². The molecule has 0 aliphatic carbocycles. The van der Waals surface area contributed by atoms with Gasteiger partial charge in [0, 0.05) is 26.2 Å². The van der Waals surface area contributed by atoms with Crippen LogP contribution in [0.3, 0.4) is 0 Å². The van der Waals surface area contributed by atoms with Crippen LogP contribution >= 0.6 is 0 Å². The van der Waals surface area contributed by atoms with Gasteiger partial charge < -0.3 is 4.90 Å². The van der Waals surface area contributed by atoms with E-state index in [0.29, 0.717) is 18.3 Å². The Balaban J connectivity index is 1.53. The Kier molecular flexibility index (Phi) is 4.01. The van der Waals surface area contributed by atoms with Crippen LogP contribution in [0.15, 0.2) is 54.7 Å². The molecule has 5 nitrogen and oxygen atoms in total. The molecular formula is C20H22N4O. The molecule has 4 rings (SSSR count). The molecule has 0 fully saturated rings. The average molecular weight is 334 g/mol. The van der Waals surface area contributed by atoms with E-state index in [-0.39, 0.29) is 5.91 Å². The van der Waals surface area contributed by atoms with Crippen LogP contribution in [0.2, 0.25) is 0 Å². The number of aromatic nitrogens is 2. The first-order chi connectivity index (χ1) is 12.1. The highest BCUT2D eigenvalue weighted by molar-refractivity contribution is 5.93. The molecular weight excluding hydrogens is 312 g/mol. The SMILES string of the molecule is CN(C[C@@H]1Cc2ccccc2CN1C)C(=O)c1cccc2ccnn12. The second-order valence-electron chi connectivity index (χ2n) is 6.81. The Bertz CT molecular complexity index is 917. The van der Waals surface area contributed by atoms with Crippen LogP contribution in [0.5, 0.6) is 0 Å². The summed E-state index contributed by atoms with van der Waals surface area (Å²) < 4.78 is 1.71. The molecule has 0 spiro atoms. The molecule has 3 aromatic rings. The van der Waals surface area contributed by atoms with E-state index in [4.69, 9.17) is 0 Å². The van der Waals surface area contributed by atoms with Gasteiger partial charge in [-0.1, -0.05) is 30.3 Å². The van der Waals surface area contributed by atoms with Crippen molar-refractivity contribution in [3.05, 3.63) is 71.5 Å². The third-order valence-corrected chi connectivity index (χ3v) is 5.09. The molecule has 0 radical (unpaired) electrons. The van der Waals surface area contributed by atoms with E-state index in [2.05, 4.69) is 41.3 Å². The van der Waals surface area contributed by atoms with Gasteiger partial charge in [-0.3, -0.25) is 9.69 Å². The summed E-state index contributed by atoms with van der Waals surface area (Å²) >= 11 is 0. The summed E-state index contributed by atoms with van der Waals surface area (Å²) in [5.41, 5.74) is 4.31. The Hall–Kier alpha value is -2.66. The van der Waals surface area contributed by atoms with Crippen LogP contribution in [0.4, 0.5) is 0 Å². The van der Waals surface area contributed by atoms with Gasteiger partial charge in [0.05, 0.1) is 11.7 Å². The van der Waals surface area contributed by atoms with E-state index in [0.717, 1.165) is 18.5 Å². The first-order valence-corrected chi connectivity index (χ1v) is 8.59. The van der Waals surface area contributed by atoms with Gasteiger partial charge in [-0.15, -0.1) is 0 Å². The topological polar surface area (TPSA) is 40.8 Å². The average Bonchev–Trinajstić information content (AvgIpc) is 3.10. The number of hydrogen-bond donors (Lipinski definition) is 0. The summed E-state index contributed by atoms with van der Waals surface area (Å²) in [5.74, 6) is 0.00144. The van der Waals surface area contributed by atoms with E-state index < -0.39 is 0 Å². The molecule has 5 heteroatoms. The third-order valence-electron chi connectivity index (χ3n) is 5.09. The normalized spacial score (nSPS) is 17.4. The molecule has 1 amide bonds. The van der Waals surface area contributed by atoms with Gasteiger partial charge in [-0.05, 0) is 42.8 Å².